The summed E-state index contributed by atoms with van der Waals surface area (Å²) in [6, 6.07) is 4.66. The first-order chi connectivity index (χ1) is 8.81. The van der Waals surface area contributed by atoms with Crippen molar-refractivity contribution in [3.8, 4) is 5.75 Å². The summed E-state index contributed by atoms with van der Waals surface area (Å²) in [5, 5.41) is 3.26. The smallest absolute Gasteiger partial charge is 0.343 e. The third kappa shape index (κ3) is 5.70. The molecule has 0 unspecified atom stereocenters. The van der Waals surface area contributed by atoms with Gasteiger partial charge in [0.2, 0.25) is 0 Å². The van der Waals surface area contributed by atoms with Crippen LogP contribution in [0.5, 0.6) is 5.75 Å². The molecule has 1 aromatic rings. The van der Waals surface area contributed by atoms with E-state index < -0.39 is 11.8 Å². The molecule has 1 rings (SSSR count). The van der Waals surface area contributed by atoms with Crippen LogP contribution in [0.15, 0.2) is 18.2 Å². The Bertz CT molecular complexity index is 441. The number of hydrogen-bond donors (Lipinski definition) is 1. The number of benzene rings is 1. The van der Waals surface area contributed by atoms with E-state index in [1.165, 1.54) is 19.2 Å². The topological polar surface area (TPSA) is 47.6 Å². The molecule has 0 saturated carbocycles. The van der Waals surface area contributed by atoms with Crippen molar-refractivity contribution in [1.29, 1.82) is 0 Å². The van der Waals surface area contributed by atoms with E-state index >= 15 is 0 Å². The molecule has 19 heavy (non-hydrogen) atoms. The fraction of sp³-hybridized carbons (Fsp3) is 0.500. The van der Waals surface area contributed by atoms with Crippen molar-refractivity contribution in [1.82, 2.24) is 5.32 Å². The van der Waals surface area contributed by atoms with E-state index in [2.05, 4.69) is 10.1 Å². The highest BCUT2D eigenvalue weighted by molar-refractivity contribution is 5.70. The first-order valence-electron chi connectivity index (χ1n) is 6.05. The summed E-state index contributed by atoms with van der Waals surface area (Å²) in [5.74, 6) is -0.986. The van der Waals surface area contributed by atoms with Crippen LogP contribution in [0.25, 0.3) is 0 Å². The highest BCUT2D eigenvalue weighted by Crippen LogP contribution is 2.18. The van der Waals surface area contributed by atoms with E-state index in [4.69, 9.17) is 4.74 Å². The van der Waals surface area contributed by atoms with Gasteiger partial charge >= 0.3 is 5.97 Å². The lowest BCUT2D eigenvalue weighted by atomic mass is 10.1. The summed E-state index contributed by atoms with van der Waals surface area (Å²) in [6.07, 6.45) is 0. The van der Waals surface area contributed by atoms with E-state index in [0.29, 0.717) is 6.54 Å². The van der Waals surface area contributed by atoms with Crippen molar-refractivity contribution in [3.05, 3.63) is 29.6 Å². The maximum Gasteiger partial charge on any atom is 0.343 e. The van der Waals surface area contributed by atoms with E-state index in [-0.39, 0.29) is 17.9 Å². The highest BCUT2D eigenvalue weighted by Gasteiger charge is 2.11. The van der Waals surface area contributed by atoms with Crippen molar-refractivity contribution in [2.24, 2.45) is 0 Å². The van der Waals surface area contributed by atoms with Gasteiger partial charge in [0.15, 0.2) is 18.2 Å². The summed E-state index contributed by atoms with van der Waals surface area (Å²) in [5.41, 5.74) is 0.786. The van der Waals surface area contributed by atoms with Gasteiger partial charge in [0, 0.05) is 12.1 Å². The molecule has 5 heteroatoms. The number of esters is 1. The van der Waals surface area contributed by atoms with Crippen LogP contribution in [-0.4, -0.2) is 25.2 Å². The van der Waals surface area contributed by atoms with Gasteiger partial charge in [-0.2, -0.15) is 0 Å². The molecule has 0 saturated heterocycles. The normalized spacial score (nSPS) is 11.2. The van der Waals surface area contributed by atoms with Gasteiger partial charge in [0.25, 0.3) is 0 Å². The Balaban J connectivity index is 2.61. The predicted molar refractivity (Wildman–Crippen MR) is 70.5 cm³/mol. The lowest BCUT2D eigenvalue weighted by Gasteiger charge is -2.20. The zero-order valence-corrected chi connectivity index (χ0v) is 11.7. The molecule has 0 aliphatic rings. The minimum Gasteiger partial charge on any atom is -0.479 e. The summed E-state index contributed by atoms with van der Waals surface area (Å²) in [4.78, 5) is 10.9. The number of carbonyl (C=O) groups is 1. The number of carbonyl (C=O) groups excluding carboxylic acids is 1. The van der Waals surface area contributed by atoms with E-state index in [0.717, 1.165) is 5.56 Å². The molecule has 0 bridgehead atoms. The lowest BCUT2D eigenvalue weighted by molar-refractivity contribution is -0.142. The molecule has 0 fully saturated rings. The Kier molecular flexibility index (Phi) is 5.30. The molecule has 0 aromatic heterocycles. The third-order valence-corrected chi connectivity index (χ3v) is 2.39. The Morgan fingerprint density at radius 2 is 2.05 bits per heavy atom. The first-order valence-corrected chi connectivity index (χ1v) is 6.05. The van der Waals surface area contributed by atoms with Gasteiger partial charge in [-0.3, -0.25) is 0 Å². The SMILES string of the molecule is COC(=O)COc1ccc(CNC(C)(C)C)cc1F. The summed E-state index contributed by atoms with van der Waals surface area (Å²) in [7, 11) is 1.25. The molecular weight excluding hydrogens is 249 g/mol. The molecule has 0 spiro atoms. The maximum absolute atomic E-state index is 13.7. The number of halogens is 1. The molecule has 0 aliphatic heterocycles. The minimum absolute atomic E-state index is 0.0312. The molecule has 106 valence electrons. The van der Waals surface area contributed by atoms with Crippen LogP contribution >= 0.6 is 0 Å². The van der Waals surface area contributed by atoms with E-state index in [1.54, 1.807) is 6.07 Å². The number of methoxy groups -OCH3 is 1. The van der Waals surface area contributed by atoms with Gasteiger partial charge in [0.1, 0.15) is 0 Å². The van der Waals surface area contributed by atoms with Gasteiger partial charge in [-0.15, -0.1) is 0 Å². The summed E-state index contributed by atoms with van der Waals surface area (Å²) < 4.78 is 23.2. The van der Waals surface area contributed by atoms with Crippen LogP contribution in [-0.2, 0) is 16.1 Å². The lowest BCUT2D eigenvalue weighted by Crippen LogP contribution is -2.35. The highest BCUT2D eigenvalue weighted by atomic mass is 19.1. The Morgan fingerprint density at radius 1 is 1.37 bits per heavy atom. The molecule has 1 N–H and O–H groups in total. The summed E-state index contributed by atoms with van der Waals surface area (Å²) in [6.45, 7) is 6.39. The van der Waals surface area contributed by atoms with Crippen LogP contribution in [0.2, 0.25) is 0 Å². The van der Waals surface area contributed by atoms with Crippen molar-refractivity contribution in [2.45, 2.75) is 32.9 Å². The molecule has 0 heterocycles. The molecule has 0 radical (unpaired) electrons. The fourth-order valence-corrected chi connectivity index (χ4v) is 1.33. The molecule has 0 atom stereocenters. The molecule has 1 aromatic carbocycles. The average Bonchev–Trinajstić information content (AvgIpc) is 2.34. The van der Waals surface area contributed by atoms with Gasteiger partial charge in [-0.1, -0.05) is 6.07 Å². The standard InChI is InChI=1S/C14H20FNO3/c1-14(2,3)16-8-10-5-6-12(11(15)7-10)19-9-13(17)18-4/h5-7,16H,8-9H2,1-4H3. The maximum atomic E-state index is 13.7. The second kappa shape index (κ2) is 6.52. The van der Waals surface area contributed by atoms with Gasteiger partial charge in [-0.25, -0.2) is 9.18 Å². The van der Waals surface area contributed by atoms with Gasteiger partial charge in [-0.05, 0) is 38.5 Å². The summed E-state index contributed by atoms with van der Waals surface area (Å²) >= 11 is 0. The Labute approximate surface area is 112 Å². The quantitative estimate of drug-likeness (QED) is 0.833. The second-order valence-electron chi connectivity index (χ2n) is 5.23. The molecule has 0 amide bonds. The first kappa shape index (κ1) is 15.4. The second-order valence-corrected chi connectivity index (χ2v) is 5.23. The van der Waals surface area contributed by atoms with Gasteiger partial charge in [0.05, 0.1) is 7.11 Å². The van der Waals surface area contributed by atoms with Crippen molar-refractivity contribution < 1.29 is 18.7 Å². The number of nitrogens with one attached hydrogen (secondary N) is 1. The van der Waals surface area contributed by atoms with Crippen LogP contribution in [0.1, 0.15) is 26.3 Å². The van der Waals surface area contributed by atoms with Crippen molar-refractivity contribution >= 4 is 5.97 Å². The van der Waals surface area contributed by atoms with Crippen molar-refractivity contribution in [2.75, 3.05) is 13.7 Å². The largest absolute Gasteiger partial charge is 0.479 e. The predicted octanol–water partition coefficient (Wildman–Crippen LogP) is 2.27. The molecule has 4 nitrogen and oxygen atoms in total. The number of rotatable bonds is 5. The fourth-order valence-electron chi connectivity index (χ4n) is 1.33. The Hall–Kier alpha value is -1.62. The van der Waals surface area contributed by atoms with Gasteiger partial charge < -0.3 is 14.8 Å². The number of ether oxygens (including phenoxy) is 2. The van der Waals surface area contributed by atoms with Crippen LogP contribution < -0.4 is 10.1 Å². The van der Waals surface area contributed by atoms with Crippen LogP contribution in [0, 0.1) is 5.82 Å². The zero-order chi connectivity index (χ0) is 14.5. The van der Waals surface area contributed by atoms with Crippen LogP contribution in [0.4, 0.5) is 4.39 Å². The van der Waals surface area contributed by atoms with E-state index in [1.807, 2.05) is 20.8 Å². The van der Waals surface area contributed by atoms with E-state index in [9.17, 15) is 9.18 Å². The molecule has 0 aliphatic carbocycles. The number of hydrogen-bond acceptors (Lipinski definition) is 4. The van der Waals surface area contributed by atoms with Crippen LogP contribution in [0.3, 0.4) is 0 Å². The molecular formula is C14H20FNO3. The Morgan fingerprint density at radius 3 is 2.58 bits per heavy atom. The third-order valence-electron chi connectivity index (χ3n) is 2.39. The zero-order valence-electron chi connectivity index (χ0n) is 11.7. The average molecular weight is 269 g/mol. The monoisotopic (exact) mass is 269 g/mol. The minimum atomic E-state index is -0.544. The van der Waals surface area contributed by atoms with Crippen molar-refractivity contribution in [3.63, 3.8) is 0 Å².